The van der Waals surface area contributed by atoms with Gasteiger partial charge in [0.2, 0.25) is 5.58 Å². The molecule has 0 atom stereocenters. The lowest BCUT2D eigenvalue weighted by Crippen LogP contribution is -1.86. The van der Waals surface area contributed by atoms with E-state index in [1.165, 1.54) is 0 Å². The maximum atomic E-state index is 4.94. The third-order valence-corrected chi connectivity index (χ3v) is 1.42. The molecule has 0 saturated carbocycles. The lowest BCUT2D eigenvalue weighted by Gasteiger charge is -1.81. The number of rotatable bonds is 0. The first-order valence-electron chi connectivity index (χ1n) is 3.03. The van der Waals surface area contributed by atoms with Crippen LogP contribution in [0.4, 0.5) is 0 Å². The fourth-order valence-corrected chi connectivity index (χ4v) is 0.945. The Bertz CT molecular complexity index is 360. The van der Waals surface area contributed by atoms with Crippen LogP contribution in [0, 0.1) is 6.92 Å². The first kappa shape index (κ1) is 5.46. The van der Waals surface area contributed by atoms with Crippen molar-refractivity contribution in [3.8, 4) is 0 Å². The van der Waals surface area contributed by atoms with Crippen LogP contribution in [0.15, 0.2) is 10.7 Å². The van der Waals surface area contributed by atoms with Crippen molar-refractivity contribution in [2.24, 2.45) is 7.05 Å². The molecule has 0 aliphatic carbocycles. The van der Waals surface area contributed by atoms with Gasteiger partial charge in [-0.15, -0.1) is 0 Å². The molecule has 0 spiro atoms. The molecule has 0 amide bonds. The second-order valence-corrected chi connectivity index (χ2v) is 2.28. The van der Waals surface area contributed by atoms with E-state index in [1.54, 1.807) is 10.9 Å². The number of fused-ring (bicyclic) bond motifs is 1. The van der Waals surface area contributed by atoms with Gasteiger partial charge in [-0.1, -0.05) is 5.16 Å². The molecule has 0 saturated heterocycles. The van der Waals surface area contributed by atoms with Gasteiger partial charge in [0.15, 0.2) is 5.52 Å². The molecular formula is C6H7N3O. The van der Waals surface area contributed by atoms with E-state index in [2.05, 4.69) is 10.3 Å². The van der Waals surface area contributed by atoms with E-state index in [1.807, 2.05) is 14.0 Å². The molecule has 0 bridgehead atoms. The van der Waals surface area contributed by atoms with Crippen LogP contribution in [0.3, 0.4) is 0 Å². The molecule has 0 unspecified atom stereocenters. The second-order valence-electron chi connectivity index (χ2n) is 2.28. The molecular weight excluding hydrogens is 130 g/mol. The summed E-state index contributed by atoms with van der Waals surface area (Å²) in [5.41, 5.74) is 2.44. The van der Waals surface area contributed by atoms with E-state index in [0.717, 1.165) is 16.8 Å². The van der Waals surface area contributed by atoms with Crippen molar-refractivity contribution in [3.05, 3.63) is 11.9 Å². The first-order valence-corrected chi connectivity index (χ1v) is 3.03. The number of hydrogen-bond acceptors (Lipinski definition) is 3. The van der Waals surface area contributed by atoms with E-state index < -0.39 is 0 Å². The van der Waals surface area contributed by atoms with Crippen LogP contribution in [0.25, 0.3) is 11.1 Å². The third-order valence-electron chi connectivity index (χ3n) is 1.42. The summed E-state index contributed by atoms with van der Waals surface area (Å²) in [6.07, 6.45) is 1.80. The maximum absolute atomic E-state index is 4.94. The third kappa shape index (κ3) is 0.556. The molecule has 0 aromatic carbocycles. The minimum Gasteiger partial charge on any atom is -0.353 e. The van der Waals surface area contributed by atoms with E-state index >= 15 is 0 Å². The van der Waals surface area contributed by atoms with E-state index in [4.69, 9.17) is 4.52 Å². The number of aromatic nitrogens is 3. The molecule has 2 heterocycles. The summed E-state index contributed by atoms with van der Waals surface area (Å²) in [5, 5.41) is 7.88. The molecule has 2 aromatic rings. The molecule has 0 aliphatic heterocycles. The van der Waals surface area contributed by atoms with Crippen molar-refractivity contribution in [2.75, 3.05) is 0 Å². The Labute approximate surface area is 57.4 Å². The largest absolute Gasteiger partial charge is 0.353 e. The minimum absolute atomic E-state index is 0.750. The van der Waals surface area contributed by atoms with Gasteiger partial charge >= 0.3 is 0 Å². The van der Waals surface area contributed by atoms with Crippen molar-refractivity contribution in [1.82, 2.24) is 14.9 Å². The summed E-state index contributed by atoms with van der Waals surface area (Å²) >= 11 is 0. The summed E-state index contributed by atoms with van der Waals surface area (Å²) in [6.45, 7) is 1.87. The van der Waals surface area contributed by atoms with Crippen LogP contribution in [-0.4, -0.2) is 14.9 Å². The van der Waals surface area contributed by atoms with Gasteiger partial charge in [0.25, 0.3) is 0 Å². The topological polar surface area (TPSA) is 43.9 Å². The lowest BCUT2D eigenvalue weighted by atomic mass is 10.4. The fraction of sp³-hybridized carbons (Fsp3) is 0.333. The van der Waals surface area contributed by atoms with Gasteiger partial charge in [-0.05, 0) is 6.92 Å². The van der Waals surface area contributed by atoms with Crippen LogP contribution >= 0.6 is 0 Å². The highest BCUT2D eigenvalue weighted by molar-refractivity contribution is 5.73. The van der Waals surface area contributed by atoms with Gasteiger partial charge in [0, 0.05) is 7.05 Å². The van der Waals surface area contributed by atoms with Crippen LogP contribution in [0.2, 0.25) is 0 Å². The smallest absolute Gasteiger partial charge is 0.205 e. The average Bonchev–Trinajstić information content (AvgIpc) is 2.35. The Morgan fingerprint density at radius 3 is 3.10 bits per heavy atom. The molecule has 0 N–H and O–H groups in total. The summed E-state index contributed by atoms with van der Waals surface area (Å²) in [6, 6.07) is 0. The zero-order valence-corrected chi connectivity index (χ0v) is 5.83. The quantitative estimate of drug-likeness (QED) is 0.541. The van der Waals surface area contributed by atoms with Gasteiger partial charge in [0.05, 0.1) is 6.20 Å². The molecule has 10 heavy (non-hydrogen) atoms. The van der Waals surface area contributed by atoms with Crippen molar-refractivity contribution in [2.45, 2.75) is 6.92 Å². The van der Waals surface area contributed by atoms with E-state index in [0.29, 0.717) is 0 Å². The summed E-state index contributed by atoms with van der Waals surface area (Å²) in [4.78, 5) is 0. The molecule has 2 rings (SSSR count). The van der Waals surface area contributed by atoms with Gasteiger partial charge in [-0.2, -0.15) is 5.10 Å². The monoisotopic (exact) mass is 137 g/mol. The molecule has 0 fully saturated rings. The molecule has 4 nitrogen and oxygen atoms in total. The number of hydrogen-bond donors (Lipinski definition) is 0. The van der Waals surface area contributed by atoms with Crippen molar-refractivity contribution in [3.63, 3.8) is 0 Å². The van der Waals surface area contributed by atoms with Crippen LogP contribution < -0.4 is 0 Å². The molecule has 52 valence electrons. The molecule has 2 aromatic heterocycles. The fourth-order valence-electron chi connectivity index (χ4n) is 0.945. The van der Waals surface area contributed by atoms with E-state index in [-0.39, 0.29) is 0 Å². The number of aryl methyl sites for hydroxylation is 2. The Kier molecular flexibility index (Phi) is 0.869. The van der Waals surface area contributed by atoms with Crippen molar-refractivity contribution >= 4 is 11.1 Å². The standard InChI is InChI=1S/C6H7N3O/c1-4-6-5(10-8-4)3-9(2)7-6/h3H,1-2H3. The summed E-state index contributed by atoms with van der Waals surface area (Å²) in [5.74, 6) is 0. The Morgan fingerprint density at radius 2 is 2.40 bits per heavy atom. The SMILES string of the molecule is Cc1noc2cn(C)nc12. The Hall–Kier alpha value is -1.32. The molecule has 0 aliphatic rings. The van der Waals surface area contributed by atoms with Gasteiger partial charge < -0.3 is 4.52 Å². The maximum Gasteiger partial charge on any atom is 0.205 e. The van der Waals surface area contributed by atoms with Gasteiger partial charge in [-0.25, -0.2) is 0 Å². The van der Waals surface area contributed by atoms with Crippen LogP contribution in [0.5, 0.6) is 0 Å². The highest BCUT2D eigenvalue weighted by atomic mass is 16.5. The number of nitrogens with zero attached hydrogens (tertiary/aromatic N) is 3. The zero-order chi connectivity index (χ0) is 7.14. The first-order chi connectivity index (χ1) is 4.77. The highest BCUT2D eigenvalue weighted by Gasteiger charge is 2.06. The minimum atomic E-state index is 0.750. The van der Waals surface area contributed by atoms with Crippen molar-refractivity contribution in [1.29, 1.82) is 0 Å². The summed E-state index contributed by atoms with van der Waals surface area (Å²) < 4.78 is 6.65. The van der Waals surface area contributed by atoms with E-state index in [9.17, 15) is 0 Å². The van der Waals surface area contributed by atoms with Gasteiger partial charge in [0.1, 0.15) is 5.69 Å². The Morgan fingerprint density at radius 1 is 1.60 bits per heavy atom. The predicted molar refractivity (Wildman–Crippen MR) is 35.5 cm³/mol. The van der Waals surface area contributed by atoms with Gasteiger partial charge in [-0.3, -0.25) is 4.68 Å². The van der Waals surface area contributed by atoms with Crippen molar-refractivity contribution < 1.29 is 4.52 Å². The van der Waals surface area contributed by atoms with Crippen LogP contribution in [-0.2, 0) is 7.05 Å². The highest BCUT2D eigenvalue weighted by Crippen LogP contribution is 2.13. The Balaban J connectivity index is 2.90. The normalized spacial score (nSPS) is 11.0. The molecule has 0 radical (unpaired) electrons. The zero-order valence-electron chi connectivity index (χ0n) is 5.83. The second kappa shape index (κ2) is 1.59. The average molecular weight is 137 g/mol. The summed E-state index contributed by atoms with van der Waals surface area (Å²) in [7, 11) is 1.86. The molecule has 4 heteroatoms. The lowest BCUT2D eigenvalue weighted by molar-refractivity contribution is 0.448. The van der Waals surface area contributed by atoms with Crippen LogP contribution in [0.1, 0.15) is 5.69 Å². The predicted octanol–water partition coefficient (Wildman–Crippen LogP) is 0.870.